The van der Waals surface area contributed by atoms with Crippen molar-refractivity contribution in [1.29, 1.82) is 0 Å². The highest BCUT2D eigenvalue weighted by atomic mass is 19.1. The zero-order valence-electron chi connectivity index (χ0n) is 17.8. The Bertz CT molecular complexity index is 1230. The Kier molecular flexibility index (Phi) is 4.17. The van der Waals surface area contributed by atoms with Crippen molar-refractivity contribution in [1.82, 2.24) is 9.47 Å². The molecule has 1 N–H and O–H groups in total. The van der Waals surface area contributed by atoms with Crippen LogP contribution in [0.5, 0.6) is 0 Å². The van der Waals surface area contributed by atoms with E-state index in [1.165, 1.54) is 12.1 Å². The first kappa shape index (κ1) is 19.4. The number of carbonyl (C=O) groups is 2. The molecular weight excluding hydrogens is 405 g/mol. The molecule has 32 heavy (non-hydrogen) atoms. The number of halogens is 1. The molecule has 4 atom stereocenters. The third-order valence-corrected chi connectivity index (χ3v) is 7.64. The van der Waals surface area contributed by atoms with Crippen molar-refractivity contribution in [3.8, 4) is 0 Å². The lowest BCUT2D eigenvalue weighted by Crippen LogP contribution is -2.53. The van der Waals surface area contributed by atoms with Gasteiger partial charge in [0.25, 0.3) is 0 Å². The van der Waals surface area contributed by atoms with Gasteiger partial charge in [0.15, 0.2) is 5.78 Å². The van der Waals surface area contributed by atoms with Crippen LogP contribution in [0.2, 0.25) is 0 Å². The van der Waals surface area contributed by atoms with Gasteiger partial charge in [-0.15, -0.1) is 0 Å². The molecule has 2 aromatic carbocycles. The summed E-state index contributed by atoms with van der Waals surface area (Å²) in [7, 11) is 1.85. The molecular formula is C26H24FN3O2. The van der Waals surface area contributed by atoms with Gasteiger partial charge in [-0.05, 0) is 55.3 Å². The van der Waals surface area contributed by atoms with Crippen LogP contribution in [0.4, 0.5) is 10.1 Å². The van der Waals surface area contributed by atoms with E-state index in [1.54, 1.807) is 12.1 Å². The lowest BCUT2D eigenvalue weighted by Gasteiger charge is -2.36. The van der Waals surface area contributed by atoms with Crippen LogP contribution in [0, 0.1) is 11.7 Å². The number of fused-ring (bicyclic) bond motifs is 4. The molecule has 1 aromatic heterocycles. The number of hydrogen-bond donors (Lipinski definition) is 1. The third-order valence-electron chi connectivity index (χ3n) is 7.64. The number of aryl methyl sites for hydroxylation is 1. The van der Waals surface area contributed by atoms with Crippen molar-refractivity contribution in [2.75, 3.05) is 11.9 Å². The molecule has 0 aliphatic carbocycles. The molecule has 0 saturated carbocycles. The molecule has 6 heteroatoms. The third kappa shape index (κ3) is 2.41. The van der Waals surface area contributed by atoms with Gasteiger partial charge in [0, 0.05) is 36.5 Å². The lowest BCUT2D eigenvalue weighted by atomic mass is 9.69. The number of nitrogens with one attached hydrogen (secondary N) is 1. The van der Waals surface area contributed by atoms with Gasteiger partial charge in [0.1, 0.15) is 11.4 Å². The van der Waals surface area contributed by atoms with Crippen LogP contribution < -0.4 is 5.32 Å². The minimum Gasteiger partial charge on any atom is -0.348 e. The van der Waals surface area contributed by atoms with E-state index in [-0.39, 0.29) is 29.5 Å². The van der Waals surface area contributed by atoms with Gasteiger partial charge in [0.05, 0.1) is 11.6 Å². The minimum atomic E-state index is -1.07. The highest BCUT2D eigenvalue weighted by molar-refractivity contribution is 6.12. The number of carbonyl (C=O) groups excluding carboxylic acids is 2. The van der Waals surface area contributed by atoms with E-state index in [0.717, 1.165) is 36.2 Å². The van der Waals surface area contributed by atoms with Crippen LogP contribution >= 0.6 is 0 Å². The van der Waals surface area contributed by atoms with E-state index >= 15 is 0 Å². The summed E-state index contributed by atoms with van der Waals surface area (Å²) in [5, 5.41) is 3.07. The van der Waals surface area contributed by atoms with E-state index in [0.29, 0.717) is 5.69 Å². The van der Waals surface area contributed by atoms with Crippen LogP contribution in [-0.4, -0.2) is 33.7 Å². The number of amides is 1. The summed E-state index contributed by atoms with van der Waals surface area (Å²) in [4.78, 5) is 30.3. The van der Waals surface area contributed by atoms with E-state index in [1.807, 2.05) is 54.2 Å². The minimum absolute atomic E-state index is 0.0339. The number of nitrogens with zero attached hydrogens (tertiary/aromatic N) is 2. The monoisotopic (exact) mass is 429 g/mol. The standard InChI is InChI=1S/C26H24FN3O2/c1-29-14-4-9-21(29)24(31)23-22(16-10-12-17(27)13-11-16)20-8-5-15-30(20)26(23)18-6-2-3-7-19(18)28-25(26)32/h2-4,6-7,9-14,20,22-23H,5,8,15H2,1H3,(H,28,32). The van der Waals surface area contributed by atoms with Gasteiger partial charge in [-0.25, -0.2) is 4.39 Å². The number of rotatable bonds is 3. The summed E-state index contributed by atoms with van der Waals surface area (Å²) in [6.45, 7) is 0.751. The van der Waals surface area contributed by atoms with Gasteiger partial charge >= 0.3 is 0 Å². The number of para-hydroxylation sites is 1. The number of benzene rings is 2. The highest BCUT2D eigenvalue weighted by Gasteiger charge is 2.69. The lowest BCUT2D eigenvalue weighted by molar-refractivity contribution is -0.127. The summed E-state index contributed by atoms with van der Waals surface area (Å²) in [6, 6.07) is 17.9. The maximum Gasteiger partial charge on any atom is 0.250 e. The summed E-state index contributed by atoms with van der Waals surface area (Å²) in [5.41, 5.74) is 2.06. The average molecular weight is 429 g/mol. The van der Waals surface area contributed by atoms with Crippen LogP contribution in [-0.2, 0) is 17.4 Å². The van der Waals surface area contributed by atoms with E-state index in [4.69, 9.17) is 0 Å². The number of Topliss-reactive ketones (excluding diaryl/α,β-unsaturated/α-hetero) is 1. The molecule has 162 valence electrons. The fourth-order valence-electron chi connectivity index (χ4n) is 6.45. The second-order valence-electron chi connectivity index (χ2n) is 9.09. The second kappa shape index (κ2) is 6.87. The van der Waals surface area contributed by atoms with Crippen LogP contribution in [0.3, 0.4) is 0 Å². The summed E-state index contributed by atoms with van der Waals surface area (Å²) >= 11 is 0. The maximum atomic E-state index is 14.2. The average Bonchev–Trinajstić information content (AvgIpc) is 3.54. The van der Waals surface area contributed by atoms with Crippen molar-refractivity contribution >= 4 is 17.4 Å². The maximum absolute atomic E-state index is 14.2. The zero-order chi connectivity index (χ0) is 22.0. The van der Waals surface area contributed by atoms with Crippen molar-refractivity contribution in [2.45, 2.75) is 30.3 Å². The number of anilines is 1. The molecule has 0 radical (unpaired) electrons. The first-order chi connectivity index (χ1) is 15.5. The van der Waals surface area contributed by atoms with Gasteiger partial charge < -0.3 is 9.88 Å². The highest BCUT2D eigenvalue weighted by Crippen LogP contribution is 2.61. The fraction of sp³-hybridized carbons (Fsp3) is 0.308. The summed E-state index contributed by atoms with van der Waals surface area (Å²) in [6.07, 6.45) is 3.71. The molecule has 4 heterocycles. The Labute approximate surface area is 185 Å². The summed E-state index contributed by atoms with van der Waals surface area (Å²) < 4.78 is 15.6. The fourth-order valence-corrected chi connectivity index (χ4v) is 6.45. The van der Waals surface area contributed by atoms with E-state index < -0.39 is 11.5 Å². The topological polar surface area (TPSA) is 54.3 Å². The quantitative estimate of drug-likeness (QED) is 0.639. The first-order valence-electron chi connectivity index (χ1n) is 11.1. The van der Waals surface area contributed by atoms with Gasteiger partial charge in [0.2, 0.25) is 5.91 Å². The Morgan fingerprint density at radius 2 is 1.88 bits per heavy atom. The first-order valence-corrected chi connectivity index (χ1v) is 11.1. The summed E-state index contributed by atoms with van der Waals surface area (Å²) in [5.74, 6) is -1.32. The molecule has 1 spiro atoms. The van der Waals surface area contributed by atoms with Crippen molar-refractivity contribution in [3.63, 3.8) is 0 Å². The van der Waals surface area contributed by atoms with Gasteiger partial charge in [-0.2, -0.15) is 0 Å². The largest absolute Gasteiger partial charge is 0.348 e. The van der Waals surface area contributed by atoms with Crippen molar-refractivity contribution in [3.05, 3.63) is 89.5 Å². The predicted molar refractivity (Wildman–Crippen MR) is 119 cm³/mol. The normalized spacial score (nSPS) is 28.7. The SMILES string of the molecule is Cn1cccc1C(=O)C1C(c2ccc(F)cc2)C2CCCN2C12C(=O)Nc1ccccc12. The molecule has 6 rings (SSSR count). The predicted octanol–water partition coefficient (Wildman–Crippen LogP) is 4.07. The smallest absolute Gasteiger partial charge is 0.250 e. The molecule has 3 aromatic rings. The van der Waals surface area contributed by atoms with Crippen LogP contribution in [0.1, 0.15) is 40.4 Å². The van der Waals surface area contributed by atoms with Crippen molar-refractivity contribution in [2.24, 2.45) is 13.0 Å². The molecule has 3 aliphatic heterocycles. The molecule has 2 saturated heterocycles. The Morgan fingerprint density at radius 3 is 2.62 bits per heavy atom. The molecule has 3 aliphatic rings. The van der Waals surface area contributed by atoms with Crippen LogP contribution in [0.15, 0.2) is 66.9 Å². The number of ketones is 1. The van der Waals surface area contributed by atoms with Gasteiger partial charge in [-0.1, -0.05) is 30.3 Å². The van der Waals surface area contributed by atoms with Gasteiger partial charge in [-0.3, -0.25) is 14.5 Å². The molecule has 4 unspecified atom stereocenters. The van der Waals surface area contributed by atoms with E-state index in [2.05, 4.69) is 10.2 Å². The van der Waals surface area contributed by atoms with Crippen LogP contribution in [0.25, 0.3) is 0 Å². The Morgan fingerprint density at radius 1 is 1.09 bits per heavy atom. The molecule has 0 bridgehead atoms. The van der Waals surface area contributed by atoms with E-state index in [9.17, 15) is 14.0 Å². The molecule has 5 nitrogen and oxygen atoms in total. The number of aromatic nitrogens is 1. The Balaban J connectivity index is 1.62. The Hall–Kier alpha value is -3.25. The number of hydrogen-bond acceptors (Lipinski definition) is 3. The zero-order valence-corrected chi connectivity index (χ0v) is 17.8. The molecule has 1 amide bonds. The van der Waals surface area contributed by atoms with Crippen molar-refractivity contribution < 1.29 is 14.0 Å². The molecule has 2 fully saturated rings. The second-order valence-corrected chi connectivity index (χ2v) is 9.09.